The maximum Gasteiger partial charge on any atom is 0.230 e. The van der Waals surface area contributed by atoms with E-state index in [1.54, 1.807) is 18.4 Å². The maximum atomic E-state index is 14.4. The molecule has 3 saturated carbocycles. The van der Waals surface area contributed by atoms with Crippen LogP contribution in [0.3, 0.4) is 0 Å². The molecule has 0 atom stereocenters. The van der Waals surface area contributed by atoms with Gasteiger partial charge in [0.05, 0.1) is 22.7 Å². The number of hydrogen-bond acceptors (Lipinski definition) is 7. The number of carbonyl (C=O) groups excluding carboxylic acids is 2. The van der Waals surface area contributed by atoms with E-state index in [9.17, 15) is 18.0 Å². The van der Waals surface area contributed by atoms with Crippen LogP contribution in [-0.4, -0.2) is 56.9 Å². The quantitative estimate of drug-likeness (QED) is 0.212. The van der Waals surface area contributed by atoms with Crippen molar-refractivity contribution in [1.82, 2.24) is 10.3 Å². The molecule has 1 heterocycles. The predicted molar refractivity (Wildman–Crippen MR) is 193 cm³/mol. The average Bonchev–Trinajstić information content (AvgIpc) is 3.82. The molecule has 3 fully saturated rings. The molecule has 8 nitrogen and oxygen atoms in total. The third-order valence-electron chi connectivity index (χ3n) is 10.5. The second kappa shape index (κ2) is 15.1. The van der Waals surface area contributed by atoms with E-state index in [0.717, 1.165) is 53.8 Å². The maximum absolute atomic E-state index is 14.4. The summed E-state index contributed by atoms with van der Waals surface area (Å²) in [7, 11) is -1.47. The topological polar surface area (TPSA) is 106 Å². The largest absolute Gasteiger partial charge is 0.496 e. The number of amides is 2. The van der Waals surface area contributed by atoms with E-state index >= 15 is 0 Å². The lowest BCUT2D eigenvalue weighted by atomic mass is 9.78. The molecule has 258 valence electrons. The SMILES string of the molecule is COc1ccc(C2CCC(CN(C(=O)C3CCC(NC(=O)CCS(C)(=O)=O)CC3)c3cccc(-c4cnc(C5CC5)s4)c3)CC2)cc1C. The summed E-state index contributed by atoms with van der Waals surface area (Å²) in [6.07, 6.45) is 12.7. The number of methoxy groups -OCH3 is 1. The summed E-state index contributed by atoms with van der Waals surface area (Å²) in [6, 6.07) is 15.0. The molecule has 48 heavy (non-hydrogen) atoms. The van der Waals surface area contributed by atoms with Gasteiger partial charge in [0.1, 0.15) is 15.6 Å². The standard InChI is InChI=1S/C38H49N3O5S2/c1-25-21-30(15-18-34(25)46-2)27-9-7-26(8-10-27)24-41(33-6-4-5-31(22-33)35-23-39-37(47-35)28-11-12-28)38(43)29-13-16-32(17-14-29)40-36(42)19-20-48(3,44)45/h4-6,15,18,21-23,26-29,32H,7-14,16-17,19-20,24H2,1-3H3,(H,40,42). The number of hydrogen-bond donors (Lipinski definition) is 1. The van der Waals surface area contributed by atoms with E-state index in [2.05, 4.69) is 59.6 Å². The Morgan fingerprint density at radius 1 is 0.958 bits per heavy atom. The van der Waals surface area contributed by atoms with Crippen LogP contribution in [-0.2, 0) is 19.4 Å². The van der Waals surface area contributed by atoms with Crippen molar-refractivity contribution < 1.29 is 22.7 Å². The van der Waals surface area contributed by atoms with Crippen molar-refractivity contribution in [2.75, 3.05) is 30.6 Å². The summed E-state index contributed by atoms with van der Waals surface area (Å²) in [5, 5.41) is 4.22. The number of anilines is 1. The number of nitrogens with one attached hydrogen (secondary N) is 1. The lowest BCUT2D eigenvalue weighted by Crippen LogP contribution is -2.44. The normalized spacial score (nSPS) is 23.0. The summed E-state index contributed by atoms with van der Waals surface area (Å²) >= 11 is 1.77. The highest BCUT2D eigenvalue weighted by atomic mass is 32.2. The van der Waals surface area contributed by atoms with E-state index in [1.807, 2.05) is 6.20 Å². The Morgan fingerprint density at radius 3 is 2.35 bits per heavy atom. The molecule has 3 aliphatic rings. The highest BCUT2D eigenvalue weighted by molar-refractivity contribution is 7.90. The first-order chi connectivity index (χ1) is 23.1. The summed E-state index contributed by atoms with van der Waals surface area (Å²) in [4.78, 5) is 34.7. The second-order valence-corrected chi connectivity index (χ2v) is 17.6. The molecule has 2 aromatic carbocycles. The van der Waals surface area contributed by atoms with Crippen LogP contribution >= 0.6 is 11.3 Å². The number of ether oxygens (including phenoxy) is 1. The van der Waals surface area contributed by atoms with Crippen LogP contribution in [0.5, 0.6) is 5.75 Å². The van der Waals surface area contributed by atoms with Crippen molar-refractivity contribution >= 4 is 38.7 Å². The van der Waals surface area contributed by atoms with Gasteiger partial charge in [0, 0.05) is 49.0 Å². The van der Waals surface area contributed by atoms with Crippen molar-refractivity contribution in [3.63, 3.8) is 0 Å². The summed E-state index contributed by atoms with van der Waals surface area (Å²) in [5.41, 5.74) is 4.60. The number of aryl methyl sites for hydroxylation is 1. The van der Waals surface area contributed by atoms with Gasteiger partial charge in [0.25, 0.3) is 0 Å². The molecule has 0 spiro atoms. The van der Waals surface area contributed by atoms with Gasteiger partial charge in [-0.3, -0.25) is 9.59 Å². The van der Waals surface area contributed by atoms with Crippen molar-refractivity contribution in [3.8, 4) is 16.2 Å². The summed E-state index contributed by atoms with van der Waals surface area (Å²) in [6.45, 7) is 2.81. The Morgan fingerprint density at radius 2 is 1.69 bits per heavy atom. The number of benzene rings is 2. The molecule has 2 amide bonds. The molecule has 10 heteroatoms. The minimum Gasteiger partial charge on any atom is -0.496 e. The molecule has 1 aromatic heterocycles. The van der Waals surface area contributed by atoms with Crippen LogP contribution < -0.4 is 15.0 Å². The number of nitrogens with zero attached hydrogens (tertiary/aromatic N) is 2. The molecule has 0 bridgehead atoms. The molecular formula is C38H49N3O5S2. The van der Waals surface area contributed by atoms with Gasteiger partial charge in [-0.15, -0.1) is 11.3 Å². The molecule has 0 unspecified atom stereocenters. The van der Waals surface area contributed by atoms with Crippen LogP contribution in [0.25, 0.3) is 10.4 Å². The van der Waals surface area contributed by atoms with E-state index in [1.165, 1.54) is 29.0 Å². The number of rotatable bonds is 12. The highest BCUT2D eigenvalue weighted by Gasteiger charge is 2.33. The van der Waals surface area contributed by atoms with Gasteiger partial charge in [-0.2, -0.15) is 0 Å². The van der Waals surface area contributed by atoms with Crippen molar-refractivity contribution in [2.24, 2.45) is 11.8 Å². The van der Waals surface area contributed by atoms with Gasteiger partial charge in [-0.25, -0.2) is 13.4 Å². The Bertz CT molecular complexity index is 1700. The molecule has 3 aromatic rings. The molecule has 0 saturated heterocycles. The zero-order chi connectivity index (χ0) is 33.8. The Balaban J connectivity index is 1.14. The zero-order valence-electron chi connectivity index (χ0n) is 28.5. The first-order valence-electron chi connectivity index (χ1n) is 17.6. The lowest BCUT2D eigenvalue weighted by molar-refractivity contribution is -0.123. The fourth-order valence-corrected chi connectivity index (χ4v) is 9.10. The molecule has 6 rings (SSSR count). The van der Waals surface area contributed by atoms with Gasteiger partial charge in [-0.1, -0.05) is 24.3 Å². The zero-order valence-corrected chi connectivity index (χ0v) is 30.1. The number of aromatic nitrogens is 1. The van der Waals surface area contributed by atoms with Crippen LogP contribution in [0.1, 0.15) is 98.6 Å². The van der Waals surface area contributed by atoms with Crippen molar-refractivity contribution in [3.05, 3.63) is 64.8 Å². The average molecular weight is 692 g/mol. The van der Waals surface area contributed by atoms with Crippen LogP contribution in [0.15, 0.2) is 48.7 Å². The summed E-state index contributed by atoms with van der Waals surface area (Å²) < 4.78 is 28.5. The van der Waals surface area contributed by atoms with Gasteiger partial charge in [0.2, 0.25) is 11.8 Å². The van der Waals surface area contributed by atoms with Crippen LogP contribution in [0, 0.1) is 18.8 Å². The smallest absolute Gasteiger partial charge is 0.230 e. The van der Waals surface area contributed by atoms with E-state index in [4.69, 9.17) is 9.72 Å². The van der Waals surface area contributed by atoms with Gasteiger partial charge in [0.15, 0.2) is 0 Å². The minimum absolute atomic E-state index is 0.0238. The predicted octanol–water partition coefficient (Wildman–Crippen LogP) is 7.42. The fraction of sp³-hybridized carbons (Fsp3) is 0.553. The first-order valence-corrected chi connectivity index (χ1v) is 20.4. The van der Waals surface area contributed by atoms with E-state index in [0.29, 0.717) is 50.0 Å². The van der Waals surface area contributed by atoms with E-state index < -0.39 is 9.84 Å². The van der Waals surface area contributed by atoms with Crippen molar-refractivity contribution in [2.45, 2.75) is 95.4 Å². The highest BCUT2D eigenvalue weighted by Crippen LogP contribution is 2.44. The first kappa shape index (κ1) is 34.6. The monoisotopic (exact) mass is 691 g/mol. The van der Waals surface area contributed by atoms with E-state index in [-0.39, 0.29) is 35.9 Å². The Labute approximate surface area is 289 Å². The molecule has 3 aliphatic carbocycles. The number of thiazole rings is 1. The molecular weight excluding hydrogens is 643 g/mol. The Kier molecular flexibility index (Phi) is 10.9. The number of sulfone groups is 1. The molecule has 1 N–H and O–H groups in total. The fourth-order valence-electron chi connectivity index (χ4n) is 7.46. The summed E-state index contributed by atoms with van der Waals surface area (Å²) in [5.74, 6) is 2.16. The van der Waals surface area contributed by atoms with Gasteiger partial charge in [-0.05, 0) is 118 Å². The van der Waals surface area contributed by atoms with Gasteiger partial charge < -0.3 is 15.0 Å². The number of carbonyl (C=O) groups is 2. The minimum atomic E-state index is -3.19. The third-order valence-corrected chi connectivity index (χ3v) is 12.6. The molecule has 0 aliphatic heterocycles. The van der Waals surface area contributed by atoms with Gasteiger partial charge >= 0.3 is 0 Å². The van der Waals surface area contributed by atoms with Crippen LogP contribution in [0.2, 0.25) is 0 Å². The lowest BCUT2D eigenvalue weighted by Gasteiger charge is -2.36. The molecule has 0 radical (unpaired) electrons. The Hall–Kier alpha value is -3.24. The second-order valence-electron chi connectivity index (χ2n) is 14.3. The third kappa shape index (κ3) is 8.86. The van der Waals surface area contributed by atoms with Crippen LogP contribution in [0.4, 0.5) is 5.69 Å². The van der Waals surface area contributed by atoms with Crippen molar-refractivity contribution in [1.29, 1.82) is 0 Å².